The highest BCUT2D eigenvalue weighted by Crippen LogP contribution is 2.17. The summed E-state index contributed by atoms with van der Waals surface area (Å²) in [6, 6.07) is 4.46. The van der Waals surface area contributed by atoms with E-state index in [1.807, 2.05) is 0 Å². The fourth-order valence-electron chi connectivity index (χ4n) is 1.08. The first-order valence-corrected chi connectivity index (χ1v) is 6.28. The van der Waals surface area contributed by atoms with Crippen LogP contribution in [0.1, 0.15) is 10.4 Å². The Bertz CT molecular complexity index is 512. The second-order valence-electron chi connectivity index (χ2n) is 2.96. The molecule has 82 valence electrons. The third-order valence-electron chi connectivity index (χ3n) is 1.81. The van der Waals surface area contributed by atoms with Crippen molar-refractivity contribution in [2.24, 2.45) is 0 Å². The van der Waals surface area contributed by atoms with E-state index in [0.717, 1.165) is 2.88 Å². The van der Waals surface area contributed by atoms with Crippen LogP contribution in [0.25, 0.3) is 0 Å². The van der Waals surface area contributed by atoms with Crippen LogP contribution in [-0.4, -0.2) is 10.9 Å². The molecule has 0 aliphatic heterocycles. The highest BCUT2D eigenvalue weighted by atomic mass is 127. The van der Waals surface area contributed by atoms with Crippen LogP contribution in [0.5, 0.6) is 0 Å². The lowest BCUT2D eigenvalue weighted by molar-refractivity contribution is 0.102. The molecule has 2 rings (SSSR count). The molecule has 3 nitrogen and oxygen atoms in total. The predicted octanol–water partition coefficient (Wildman–Crippen LogP) is 3.14. The quantitative estimate of drug-likeness (QED) is 0.669. The van der Waals surface area contributed by atoms with Gasteiger partial charge < -0.3 is 5.32 Å². The van der Waals surface area contributed by atoms with Gasteiger partial charge >= 0.3 is 0 Å². The van der Waals surface area contributed by atoms with Crippen molar-refractivity contribution in [3.63, 3.8) is 0 Å². The Hall–Kier alpha value is -1.02. The first kappa shape index (κ1) is 11.5. The predicted molar refractivity (Wildman–Crippen MR) is 69.2 cm³/mol. The SMILES string of the molecule is O=C(Nc1ccc(F)nc1)c1csc(I)c1. The van der Waals surface area contributed by atoms with Gasteiger partial charge in [-0.2, -0.15) is 4.39 Å². The van der Waals surface area contributed by atoms with E-state index < -0.39 is 5.95 Å². The van der Waals surface area contributed by atoms with Gasteiger partial charge in [0.05, 0.1) is 20.3 Å². The van der Waals surface area contributed by atoms with Gasteiger partial charge in [-0.05, 0) is 40.8 Å². The highest BCUT2D eigenvalue weighted by Gasteiger charge is 2.08. The zero-order valence-corrected chi connectivity index (χ0v) is 10.9. The van der Waals surface area contributed by atoms with E-state index in [1.54, 1.807) is 11.4 Å². The van der Waals surface area contributed by atoms with Crippen molar-refractivity contribution in [3.8, 4) is 0 Å². The fraction of sp³-hybridized carbons (Fsp3) is 0. The van der Waals surface area contributed by atoms with Crippen molar-refractivity contribution in [2.45, 2.75) is 0 Å². The van der Waals surface area contributed by atoms with Gasteiger partial charge in [0.2, 0.25) is 5.95 Å². The largest absolute Gasteiger partial charge is 0.321 e. The van der Waals surface area contributed by atoms with Gasteiger partial charge in [-0.1, -0.05) is 0 Å². The smallest absolute Gasteiger partial charge is 0.256 e. The van der Waals surface area contributed by atoms with Gasteiger partial charge in [-0.25, -0.2) is 4.98 Å². The number of carbonyl (C=O) groups excluding carboxylic acids is 1. The number of rotatable bonds is 2. The molecule has 2 aromatic rings. The van der Waals surface area contributed by atoms with Crippen LogP contribution in [0.15, 0.2) is 29.8 Å². The second-order valence-corrected chi connectivity index (χ2v) is 5.77. The average molecular weight is 348 g/mol. The van der Waals surface area contributed by atoms with Crippen LogP contribution in [0.3, 0.4) is 0 Å². The summed E-state index contributed by atoms with van der Waals surface area (Å²) in [7, 11) is 0. The average Bonchev–Trinajstić information content (AvgIpc) is 2.68. The molecule has 1 N–H and O–H groups in total. The molecule has 0 atom stereocenters. The number of aromatic nitrogens is 1. The lowest BCUT2D eigenvalue weighted by atomic mass is 10.3. The number of halogens is 2. The van der Waals surface area contributed by atoms with E-state index in [0.29, 0.717) is 11.3 Å². The number of nitrogens with one attached hydrogen (secondary N) is 1. The number of amides is 1. The maximum atomic E-state index is 12.5. The molecule has 0 aliphatic rings. The number of anilines is 1. The van der Waals surface area contributed by atoms with Crippen molar-refractivity contribution >= 4 is 45.5 Å². The lowest BCUT2D eigenvalue weighted by Crippen LogP contribution is -2.11. The number of hydrogen-bond donors (Lipinski definition) is 1. The summed E-state index contributed by atoms with van der Waals surface area (Å²) in [5.74, 6) is -0.782. The van der Waals surface area contributed by atoms with Crippen molar-refractivity contribution in [1.82, 2.24) is 4.98 Å². The molecule has 2 aromatic heterocycles. The molecule has 0 aliphatic carbocycles. The van der Waals surface area contributed by atoms with Crippen LogP contribution in [0.4, 0.5) is 10.1 Å². The molecule has 0 fully saturated rings. The van der Waals surface area contributed by atoms with Crippen molar-refractivity contribution < 1.29 is 9.18 Å². The molecule has 0 radical (unpaired) electrons. The molecular formula is C10H6FIN2OS. The summed E-state index contributed by atoms with van der Waals surface area (Å²) in [5.41, 5.74) is 1.08. The van der Waals surface area contributed by atoms with Crippen LogP contribution in [0.2, 0.25) is 0 Å². The summed E-state index contributed by atoms with van der Waals surface area (Å²) < 4.78 is 13.6. The maximum Gasteiger partial charge on any atom is 0.256 e. The van der Waals surface area contributed by atoms with Crippen LogP contribution < -0.4 is 5.32 Å². The monoisotopic (exact) mass is 348 g/mol. The van der Waals surface area contributed by atoms with Crippen molar-refractivity contribution in [2.75, 3.05) is 5.32 Å². The zero-order chi connectivity index (χ0) is 11.5. The van der Waals surface area contributed by atoms with Crippen LogP contribution in [0, 0.1) is 8.83 Å². The first-order valence-electron chi connectivity index (χ1n) is 4.32. The van der Waals surface area contributed by atoms with Crippen molar-refractivity contribution in [3.05, 3.63) is 44.2 Å². The van der Waals surface area contributed by atoms with Crippen LogP contribution >= 0.6 is 33.9 Å². The zero-order valence-electron chi connectivity index (χ0n) is 7.91. The van der Waals surface area contributed by atoms with E-state index in [2.05, 4.69) is 32.9 Å². The summed E-state index contributed by atoms with van der Waals surface area (Å²) in [4.78, 5) is 15.1. The number of nitrogens with zero attached hydrogens (tertiary/aromatic N) is 1. The van der Waals surface area contributed by atoms with Crippen molar-refractivity contribution in [1.29, 1.82) is 0 Å². The molecule has 0 saturated heterocycles. The molecule has 0 bridgehead atoms. The summed E-state index contributed by atoms with van der Waals surface area (Å²) in [6.07, 6.45) is 1.28. The van der Waals surface area contributed by atoms with E-state index in [1.165, 1.54) is 29.7 Å². The van der Waals surface area contributed by atoms with Gasteiger partial charge in [-0.3, -0.25) is 4.79 Å². The van der Waals surface area contributed by atoms with Gasteiger partial charge in [0.25, 0.3) is 5.91 Å². The molecule has 0 saturated carbocycles. The van der Waals surface area contributed by atoms with E-state index in [9.17, 15) is 9.18 Å². The Balaban J connectivity index is 2.10. The minimum absolute atomic E-state index is 0.215. The Morgan fingerprint density at radius 2 is 2.31 bits per heavy atom. The Morgan fingerprint density at radius 3 is 2.88 bits per heavy atom. The normalized spacial score (nSPS) is 10.1. The molecule has 6 heteroatoms. The second kappa shape index (κ2) is 4.88. The Morgan fingerprint density at radius 1 is 1.50 bits per heavy atom. The third kappa shape index (κ3) is 2.76. The topological polar surface area (TPSA) is 42.0 Å². The van der Waals surface area contributed by atoms with Gasteiger partial charge in [-0.15, -0.1) is 11.3 Å². The number of thiophene rings is 1. The number of carbonyl (C=O) groups is 1. The summed E-state index contributed by atoms with van der Waals surface area (Å²) in [6.45, 7) is 0. The highest BCUT2D eigenvalue weighted by molar-refractivity contribution is 14.1. The lowest BCUT2D eigenvalue weighted by Gasteiger charge is -2.02. The molecule has 16 heavy (non-hydrogen) atoms. The van der Waals surface area contributed by atoms with E-state index in [4.69, 9.17) is 0 Å². The Kier molecular flexibility index (Phi) is 3.49. The fourth-order valence-corrected chi connectivity index (χ4v) is 2.41. The number of pyridine rings is 1. The van der Waals surface area contributed by atoms with Gasteiger partial charge in [0, 0.05) is 5.38 Å². The third-order valence-corrected chi connectivity index (χ3v) is 3.60. The van der Waals surface area contributed by atoms with Crippen LogP contribution in [-0.2, 0) is 0 Å². The van der Waals surface area contributed by atoms with Gasteiger partial charge in [0.1, 0.15) is 0 Å². The molecule has 0 unspecified atom stereocenters. The minimum Gasteiger partial charge on any atom is -0.321 e. The molecule has 2 heterocycles. The molecule has 0 spiro atoms. The standard InChI is InChI=1S/C10H6FIN2OS/c11-8-2-1-7(4-13-8)14-10(15)6-3-9(12)16-5-6/h1-5H,(H,14,15). The number of hydrogen-bond acceptors (Lipinski definition) is 3. The first-order chi connectivity index (χ1) is 7.65. The summed E-state index contributed by atoms with van der Waals surface area (Å²) in [5, 5.41) is 4.41. The Labute approximate surface area is 109 Å². The molecule has 1 amide bonds. The van der Waals surface area contributed by atoms with E-state index in [-0.39, 0.29) is 5.91 Å². The minimum atomic E-state index is -0.567. The summed E-state index contributed by atoms with van der Waals surface area (Å²) >= 11 is 3.64. The molecule has 0 aromatic carbocycles. The van der Waals surface area contributed by atoms with Gasteiger partial charge in [0.15, 0.2) is 0 Å². The maximum absolute atomic E-state index is 12.5. The van der Waals surface area contributed by atoms with E-state index >= 15 is 0 Å². The molecular weight excluding hydrogens is 342 g/mol.